The lowest BCUT2D eigenvalue weighted by atomic mass is 9.96. The minimum absolute atomic E-state index is 0. The Hall–Kier alpha value is -3.49. The molecule has 144 valence electrons. The molecule has 0 aliphatic rings. The van der Waals surface area contributed by atoms with E-state index in [0.717, 1.165) is 22.5 Å². The molecule has 0 aliphatic heterocycles. The molecule has 1 atom stereocenters. The van der Waals surface area contributed by atoms with Gasteiger partial charge in [-0.3, -0.25) is 4.98 Å². The molecule has 2 heteroatoms. The minimum atomic E-state index is 0. The van der Waals surface area contributed by atoms with Crippen LogP contribution >= 0.6 is 0 Å². The van der Waals surface area contributed by atoms with Gasteiger partial charge in [0, 0.05) is 22.7 Å². The first-order chi connectivity index (χ1) is 13.8. The molecule has 1 unspecified atom stereocenters. The van der Waals surface area contributed by atoms with Gasteiger partial charge in [-0.15, -0.1) is 0 Å². The van der Waals surface area contributed by atoms with Crippen LogP contribution in [0.2, 0.25) is 0 Å². The molecule has 1 aromatic heterocycles. The molecule has 2 nitrogen and oxygen atoms in total. The zero-order valence-electron chi connectivity index (χ0n) is 16.7. The largest absolute Gasteiger partial charge is 0.344 e. The molecule has 4 aromatic rings. The highest BCUT2D eigenvalue weighted by Gasteiger charge is 2.12. The fraction of sp³-hybridized carbons (Fsp3) is 0.0741. The van der Waals surface area contributed by atoms with Gasteiger partial charge < -0.3 is 6.15 Å². The SMILES string of the molecule is CC(C=Cc1ccccc1)c1ccc(-c2ccccc2)c(-c2ccccc2)n1.N. The summed E-state index contributed by atoms with van der Waals surface area (Å²) in [5.41, 5.74) is 6.80. The van der Waals surface area contributed by atoms with Crippen LogP contribution in [0.5, 0.6) is 0 Å². The van der Waals surface area contributed by atoms with E-state index < -0.39 is 0 Å². The summed E-state index contributed by atoms with van der Waals surface area (Å²) in [5.74, 6) is 0.229. The van der Waals surface area contributed by atoms with Crippen LogP contribution in [0.3, 0.4) is 0 Å². The van der Waals surface area contributed by atoms with Crippen LogP contribution in [0.1, 0.15) is 24.1 Å². The summed E-state index contributed by atoms with van der Waals surface area (Å²) in [6, 6.07) is 35.6. The third-order valence-electron chi connectivity index (χ3n) is 4.89. The number of nitrogens with zero attached hydrogens (tertiary/aromatic N) is 1. The van der Waals surface area contributed by atoms with Gasteiger partial charge in [0.05, 0.1) is 5.69 Å². The molecule has 0 saturated carbocycles. The van der Waals surface area contributed by atoms with Crippen molar-refractivity contribution in [2.24, 2.45) is 0 Å². The summed E-state index contributed by atoms with van der Waals surface area (Å²) in [7, 11) is 0. The van der Waals surface area contributed by atoms with Gasteiger partial charge in [-0.05, 0) is 17.2 Å². The first-order valence-electron chi connectivity index (χ1n) is 9.66. The van der Waals surface area contributed by atoms with Gasteiger partial charge in [0.2, 0.25) is 0 Å². The number of hydrogen-bond donors (Lipinski definition) is 1. The highest BCUT2D eigenvalue weighted by Crippen LogP contribution is 2.32. The monoisotopic (exact) mass is 378 g/mol. The number of benzene rings is 3. The second kappa shape index (κ2) is 9.63. The van der Waals surface area contributed by atoms with Crippen LogP contribution in [-0.4, -0.2) is 4.98 Å². The molecule has 0 spiro atoms. The van der Waals surface area contributed by atoms with Gasteiger partial charge in [0.25, 0.3) is 0 Å². The molecule has 0 bridgehead atoms. The third kappa shape index (κ3) is 4.87. The number of hydrogen-bond acceptors (Lipinski definition) is 2. The quantitative estimate of drug-likeness (QED) is 0.393. The summed E-state index contributed by atoms with van der Waals surface area (Å²) in [4.78, 5) is 5.08. The van der Waals surface area contributed by atoms with E-state index in [4.69, 9.17) is 4.98 Å². The second-order valence-corrected chi connectivity index (χ2v) is 6.92. The summed E-state index contributed by atoms with van der Waals surface area (Å²) < 4.78 is 0. The molecule has 3 N–H and O–H groups in total. The number of aromatic nitrogens is 1. The molecule has 0 amide bonds. The minimum Gasteiger partial charge on any atom is -0.344 e. The zero-order chi connectivity index (χ0) is 19.2. The van der Waals surface area contributed by atoms with E-state index in [1.54, 1.807) is 0 Å². The molecule has 0 aliphatic carbocycles. The van der Waals surface area contributed by atoms with Gasteiger partial charge in [-0.25, -0.2) is 0 Å². The summed E-state index contributed by atoms with van der Waals surface area (Å²) in [5, 5.41) is 0. The smallest absolute Gasteiger partial charge is 0.0783 e. The van der Waals surface area contributed by atoms with Crippen molar-refractivity contribution in [3.63, 3.8) is 0 Å². The summed E-state index contributed by atoms with van der Waals surface area (Å²) in [6.07, 6.45) is 4.38. The average Bonchev–Trinajstić information content (AvgIpc) is 2.79. The van der Waals surface area contributed by atoms with E-state index in [2.05, 4.69) is 104 Å². The topological polar surface area (TPSA) is 47.9 Å². The van der Waals surface area contributed by atoms with E-state index >= 15 is 0 Å². The first kappa shape index (κ1) is 20.2. The Labute approximate surface area is 173 Å². The molecular formula is C27H26N2. The Morgan fingerprint density at radius 2 is 1.21 bits per heavy atom. The maximum Gasteiger partial charge on any atom is 0.0783 e. The van der Waals surface area contributed by atoms with Crippen molar-refractivity contribution in [3.05, 3.63) is 120 Å². The van der Waals surface area contributed by atoms with Gasteiger partial charge in [0.1, 0.15) is 0 Å². The fourth-order valence-corrected chi connectivity index (χ4v) is 3.31. The van der Waals surface area contributed by atoms with E-state index in [0.29, 0.717) is 0 Å². The Bertz CT molecular complexity index is 1060. The van der Waals surface area contributed by atoms with Crippen LogP contribution in [0, 0.1) is 0 Å². The Morgan fingerprint density at radius 3 is 1.83 bits per heavy atom. The lowest BCUT2D eigenvalue weighted by molar-refractivity contribution is 0.914. The number of pyridine rings is 1. The van der Waals surface area contributed by atoms with Gasteiger partial charge >= 0.3 is 0 Å². The Morgan fingerprint density at radius 1 is 0.655 bits per heavy atom. The van der Waals surface area contributed by atoms with Crippen LogP contribution in [0.25, 0.3) is 28.5 Å². The van der Waals surface area contributed by atoms with Crippen molar-refractivity contribution in [2.45, 2.75) is 12.8 Å². The molecule has 1 heterocycles. The maximum atomic E-state index is 5.08. The maximum absolute atomic E-state index is 5.08. The van der Waals surface area contributed by atoms with E-state index in [-0.39, 0.29) is 12.1 Å². The predicted molar refractivity (Wildman–Crippen MR) is 124 cm³/mol. The van der Waals surface area contributed by atoms with Gasteiger partial charge in [-0.2, -0.15) is 0 Å². The Balaban J connectivity index is 0.00000240. The highest BCUT2D eigenvalue weighted by molar-refractivity contribution is 5.80. The van der Waals surface area contributed by atoms with Crippen molar-refractivity contribution in [1.29, 1.82) is 0 Å². The van der Waals surface area contributed by atoms with Crippen molar-refractivity contribution < 1.29 is 0 Å². The molecule has 29 heavy (non-hydrogen) atoms. The summed E-state index contributed by atoms with van der Waals surface area (Å²) in [6.45, 7) is 2.19. The highest BCUT2D eigenvalue weighted by atomic mass is 14.7. The molecule has 0 saturated heterocycles. The van der Waals surface area contributed by atoms with Crippen molar-refractivity contribution in [2.75, 3.05) is 0 Å². The van der Waals surface area contributed by atoms with Crippen molar-refractivity contribution in [3.8, 4) is 22.4 Å². The van der Waals surface area contributed by atoms with Crippen LogP contribution in [0.4, 0.5) is 0 Å². The second-order valence-electron chi connectivity index (χ2n) is 6.92. The number of rotatable bonds is 5. The first-order valence-corrected chi connectivity index (χ1v) is 9.66. The van der Waals surface area contributed by atoms with E-state index in [1.807, 2.05) is 18.2 Å². The average molecular weight is 379 g/mol. The normalized spacial score (nSPS) is 11.8. The third-order valence-corrected chi connectivity index (χ3v) is 4.89. The standard InChI is InChI=1S/C27H23N.H3N/c1-21(17-18-22-11-5-2-6-12-22)26-20-19-25(23-13-7-3-8-14-23)27(28-26)24-15-9-4-10-16-24;/h2-21H,1H3;1H3. The van der Waals surface area contributed by atoms with Crippen LogP contribution in [-0.2, 0) is 0 Å². The van der Waals surface area contributed by atoms with Gasteiger partial charge in [-0.1, -0.05) is 116 Å². The molecule has 4 rings (SSSR count). The van der Waals surface area contributed by atoms with Crippen LogP contribution < -0.4 is 6.15 Å². The fourth-order valence-electron chi connectivity index (χ4n) is 3.31. The van der Waals surface area contributed by atoms with Gasteiger partial charge in [0.15, 0.2) is 0 Å². The lowest BCUT2D eigenvalue weighted by Gasteiger charge is -2.14. The van der Waals surface area contributed by atoms with E-state index in [1.165, 1.54) is 11.1 Å². The number of allylic oxidation sites excluding steroid dienone is 1. The molecule has 0 fully saturated rings. The molecular weight excluding hydrogens is 352 g/mol. The summed E-state index contributed by atoms with van der Waals surface area (Å²) >= 11 is 0. The lowest BCUT2D eigenvalue weighted by Crippen LogP contribution is -1.98. The van der Waals surface area contributed by atoms with Crippen molar-refractivity contribution in [1.82, 2.24) is 11.1 Å². The van der Waals surface area contributed by atoms with Crippen LogP contribution in [0.15, 0.2) is 109 Å². The molecule has 0 radical (unpaired) electrons. The zero-order valence-corrected chi connectivity index (χ0v) is 16.7. The van der Waals surface area contributed by atoms with E-state index in [9.17, 15) is 0 Å². The van der Waals surface area contributed by atoms with Crippen molar-refractivity contribution >= 4 is 6.08 Å². The molecule has 3 aromatic carbocycles. The predicted octanol–water partition coefficient (Wildman–Crippen LogP) is 7.39. The Kier molecular flexibility index (Phi) is 6.72.